The summed E-state index contributed by atoms with van der Waals surface area (Å²) in [5, 5.41) is 8.13. The lowest BCUT2D eigenvalue weighted by atomic mass is 10.2. The molecule has 0 saturated carbocycles. The van der Waals surface area contributed by atoms with Crippen LogP contribution in [0.15, 0.2) is 12.2 Å². The highest BCUT2D eigenvalue weighted by Gasteiger charge is 2.31. The summed E-state index contributed by atoms with van der Waals surface area (Å²) in [5.41, 5.74) is 0. The number of alkyl halides is 1. The standard InChI is InChI=1S/C6H5FO4/c7-5(6(9)10)3-1-2-4(8)11-3/h1-3,5H,(H,9,10). The van der Waals surface area contributed by atoms with Crippen LogP contribution in [0.1, 0.15) is 0 Å². The van der Waals surface area contributed by atoms with Crippen LogP contribution in [0.5, 0.6) is 0 Å². The van der Waals surface area contributed by atoms with E-state index in [-0.39, 0.29) is 0 Å². The van der Waals surface area contributed by atoms with Gasteiger partial charge in [0.1, 0.15) is 0 Å². The van der Waals surface area contributed by atoms with E-state index in [0.29, 0.717) is 0 Å². The molecule has 0 radical (unpaired) electrons. The molecule has 1 heterocycles. The highest BCUT2D eigenvalue weighted by atomic mass is 19.1. The van der Waals surface area contributed by atoms with Crippen LogP contribution in [0.3, 0.4) is 0 Å². The molecule has 1 aliphatic rings. The fourth-order valence-corrected chi connectivity index (χ4v) is 0.684. The third-order valence-electron chi connectivity index (χ3n) is 1.20. The molecule has 1 N–H and O–H groups in total. The Morgan fingerprint density at radius 3 is 2.82 bits per heavy atom. The number of aliphatic carboxylic acids is 1. The lowest BCUT2D eigenvalue weighted by Gasteiger charge is -2.08. The summed E-state index contributed by atoms with van der Waals surface area (Å²) in [6.07, 6.45) is -1.35. The van der Waals surface area contributed by atoms with Gasteiger partial charge < -0.3 is 9.84 Å². The molecule has 4 nitrogen and oxygen atoms in total. The minimum absolute atomic E-state index is 0.709. The Balaban J connectivity index is 2.57. The van der Waals surface area contributed by atoms with E-state index < -0.39 is 24.2 Å². The number of carbonyl (C=O) groups excluding carboxylic acids is 1. The van der Waals surface area contributed by atoms with Gasteiger partial charge in [-0.2, -0.15) is 0 Å². The van der Waals surface area contributed by atoms with Crippen molar-refractivity contribution in [3.8, 4) is 0 Å². The van der Waals surface area contributed by atoms with Gasteiger partial charge in [0.05, 0.1) is 0 Å². The van der Waals surface area contributed by atoms with Gasteiger partial charge in [0.15, 0.2) is 6.10 Å². The highest BCUT2D eigenvalue weighted by molar-refractivity contribution is 5.86. The number of cyclic esters (lactones) is 1. The van der Waals surface area contributed by atoms with Gasteiger partial charge in [-0.3, -0.25) is 0 Å². The minimum atomic E-state index is -2.17. The molecule has 5 heteroatoms. The summed E-state index contributed by atoms with van der Waals surface area (Å²) >= 11 is 0. The van der Waals surface area contributed by atoms with Gasteiger partial charge in [-0.05, 0) is 6.08 Å². The van der Waals surface area contributed by atoms with Gasteiger partial charge in [0.2, 0.25) is 6.17 Å². The number of carbonyl (C=O) groups is 2. The average Bonchev–Trinajstić information content (AvgIpc) is 2.34. The van der Waals surface area contributed by atoms with Crippen molar-refractivity contribution in [2.75, 3.05) is 0 Å². The molecule has 2 atom stereocenters. The molecule has 2 unspecified atom stereocenters. The van der Waals surface area contributed by atoms with Crippen molar-refractivity contribution in [1.29, 1.82) is 0 Å². The summed E-state index contributed by atoms with van der Waals surface area (Å²) in [6.45, 7) is 0. The summed E-state index contributed by atoms with van der Waals surface area (Å²) < 4.78 is 16.8. The van der Waals surface area contributed by atoms with Crippen molar-refractivity contribution in [3.05, 3.63) is 12.2 Å². The second kappa shape index (κ2) is 2.69. The molecule has 0 saturated heterocycles. The summed E-state index contributed by atoms with van der Waals surface area (Å²) in [7, 11) is 0. The predicted octanol–water partition coefficient (Wildman–Crippen LogP) is -0.109. The first-order valence-corrected chi connectivity index (χ1v) is 2.87. The molecular weight excluding hydrogens is 155 g/mol. The Labute approximate surface area is 61.3 Å². The van der Waals surface area contributed by atoms with Gasteiger partial charge in [-0.1, -0.05) is 0 Å². The largest absolute Gasteiger partial charge is 0.479 e. The first-order valence-electron chi connectivity index (χ1n) is 2.87. The second-order valence-corrected chi connectivity index (χ2v) is 2.00. The molecule has 60 valence electrons. The van der Waals surface area contributed by atoms with Crippen LogP contribution in [0, 0.1) is 0 Å². The fourth-order valence-electron chi connectivity index (χ4n) is 0.684. The number of hydrogen-bond donors (Lipinski definition) is 1. The molecule has 0 spiro atoms. The Morgan fingerprint density at radius 2 is 2.45 bits per heavy atom. The molecule has 0 bridgehead atoms. The van der Waals surface area contributed by atoms with Crippen molar-refractivity contribution in [2.24, 2.45) is 0 Å². The Hall–Kier alpha value is -1.39. The topological polar surface area (TPSA) is 63.6 Å². The summed E-state index contributed by atoms with van der Waals surface area (Å²) in [5.74, 6) is -2.34. The van der Waals surface area contributed by atoms with Crippen molar-refractivity contribution in [3.63, 3.8) is 0 Å². The maximum atomic E-state index is 12.5. The molecule has 0 amide bonds. The van der Waals surface area contributed by atoms with E-state index in [0.717, 1.165) is 12.2 Å². The maximum Gasteiger partial charge on any atom is 0.342 e. The lowest BCUT2D eigenvalue weighted by molar-refractivity contribution is -0.151. The molecule has 11 heavy (non-hydrogen) atoms. The fraction of sp³-hybridized carbons (Fsp3) is 0.333. The first kappa shape index (κ1) is 7.71. The molecule has 1 rings (SSSR count). The smallest absolute Gasteiger partial charge is 0.342 e. The number of carboxylic acid groups (broad SMARTS) is 1. The van der Waals surface area contributed by atoms with Crippen LogP contribution >= 0.6 is 0 Å². The van der Waals surface area contributed by atoms with Gasteiger partial charge in [0, 0.05) is 6.08 Å². The van der Waals surface area contributed by atoms with E-state index in [1.165, 1.54) is 0 Å². The molecular formula is C6H5FO4. The zero-order valence-electron chi connectivity index (χ0n) is 5.36. The maximum absolute atomic E-state index is 12.5. The number of rotatable bonds is 2. The third-order valence-corrected chi connectivity index (χ3v) is 1.20. The number of halogens is 1. The van der Waals surface area contributed by atoms with Gasteiger partial charge >= 0.3 is 11.9 Å². The summed E-state index contributed by atoms with van der Waals surface area (Å²) in [4.78, 5) is 20.3. The quantitative estimate of drug-likeness (QED) is 0.572. The van der Waals surface area contributed by atoms with Gasteiger partial charge in [0.25, 0.3) is 0 Å². The molecule has 1 aliphatic heterocycles. The number of esters is 1. The van der Waals surface area contributed by atoms with E-state index in [9.17, 15) is 14.0 Å². The zero-order chi connectivity index (χ0) is 8.43. The monoisotopic (exact) mass is 160 g/mol. The van der Waals surface area contributed by atoms with Crippen molar-refractivity contribution >= 4 is 11.9 Å². The number of hydrogen-bond acceptors (Lipinski definition) is 3. The molecule has 0 fully saturated rings. The molecule has 0 aliphatic carbocycles. The van der Waals surface area contributed by atoms with Crippen LogP contribution in [0.4, 0.5) is 4.39 Å². The number of carboxylic acids is 1. The Kier molecular flexibility index (Phi) is 1.89. The Bertz CT molecular complexity index is 223. The SMILES string of the molecule is O=C1C=CC(C(F)C(=O)O)O1. The third kappa shape index (κ3) is 1.54. The van der Waals surface area contributed by atoms with Crippen LogP contribution in [-0.2, 0) is 14.3 Å². The second-order valence-electron chi connectivity index (χ2n) is 2.00. The van der Waals surface area contributed by atoms with Gasteiger partial charge in [-0.25, -0.2) is 14.0 Å². The van der Waals surface area contributed by atoms with Crippen molar-refractivity contribution in [2.45, 2.75) is 12.3 Å². The van der Waals surface area contributed by atoms with Crippen LogP contribution < -0.4 is 0 Å². The first-order chi connectivity index (χ1) is 5.11. The van der Waals surface area contributed by atoms with Crippen LogP contribution in [0.2, 0.25) is 0 Å². The van der Waals surface area contributed by atoms with Crippen molar-refractivity contribution < 1.29 is 23.8 Å². The van der Waals surface area contributed by atoms with Crippen LogP contribution in [-0.4, -0.2) is 29.3 Å². The summed E-state index contributed by atoms with van der Waals surface area (Å²) in [6, 6.07) is 0. The zero-order valence-corrected chi connectivity index (χ0v) is 5.36. The molecule has 0 aromatic heterocycles. The average molecular weight is 160 g/mol. The Morgan fingerprint density at radius 1 is 1.82 bits per heavy atom. The predicted molar refractivity (Wildman–Crippen MR) is 31.6 cm³/mol. The van der Waals surface area contributed by atoms with E-state index in [1.54, 1.807) is 0 Å². The van der Waals surface area contributed by atoms with E-state index in [1.807, 2.05) is 0 Å². The highest BCUT2D eigenvalue weighted by Crippen LogP contribution is 2.12. The molecule has 0 aromatic carbocycles. The van der Waals surface area contributed by atoms with E-state index >= 15 is 0 Å². The number of ether oxygens (including phenoxy) is 1. The van der Waals surface area contributed by atoms with E-state index in [2.05, 4.69) is 4.74 Å². The molecule has 0 aromatic rings. The lowest BCUT2D eigenvalue weighted by Crippen LogP contribution is -2.29. The normalized spacial score (nSPS) is 24.8. The van der Waals surface area contributed by atoms with Crippen LogP contribution in [0.25, 0.3) is 0 Å². The van der Waals surface area contributed by atoms with Crippen molar-refractivity contribution in [1.82, 2.24) is 0 Å². The minimum Gasteiger partial charge on any atom is -0.479 e. The van der Waals surface area contributed by atoms with E-state index in [4.69, 9.17) is 5.11 Å². The van der Waals surface area contributed by atoms with Gasteiger partial charge in [-0.15, -0.1) is 0 Å².